The zero-order valence-corrected chi connectivity index (χ0v) is 12.2. The lowest BCUT2D eigenvalue weighted by atomic mass is 10.2. The molecule has 0 aromatic heterocycles. The fraction of sp³-hybridized carbons (Fsp3) is 0.250. The van der Waals surface area contributed by atoms with Crippen molar-refractivity contribution in [3.8, 4) is 0 Å². The Labute approximate surface area is 123 Å². The van der Waals surface area contributed by atoms with Gasteiger partial charge in [0.1, 0.15) is 6.04 Å². The molecule has 8 heteroatoms. The minimum absolute atomic E-state index is 0. The third-order valence-electron chi connectivity index (χ3n) is 2.79. The topological polar surface area (TPSA) is 101 Å². The van der Waals surface area contributed by atoms with Gasteiger partial charge in [0.15, 0.2) is 0 Å². The SMILES string of the molecule is Cl.NS(=O)(=O)c1ccc(CNC(=O)C2C=CCN2)cc1. The Balaban J connectivity index is 0.00000200. The minimum atomic E-state index is -3.67. The lowest BCUT2D eigenvalue weighted by Crippen LogP contribution is -2.40. The molecule has 1 amide bonds. The lowest BCUT2D eigenvalue weighted by Gasteiger charge is -2.10. The number of nitrogens with one attached hydrogen (secondary N) is 2. The highest BCUT2D eigenvalue weighted by atomic mass is 35.5. The van der Waals surface area contributed by atoms with Crippen LogP contribution < -0.4 is 15.8 Å². The number of carbonyl (C=O) groups excluding carboxylic acids is 1. The van der Waals surface area contributed by atoms with Crippen molar-refractivity contribution in [1.29, 1.82) is 0 Å². The van der Waals surface area contributed by atoms with Gasteiger partial charge in [-0.05, 0) is 17.7 Å². The van der Waals surface area contributed by atoms with E-state index in [4.69, 9.17) is 5.14 Å². The molecule has 1 atom stereocenters. The molecule has 1 aromatic carbocycles. The highest BCUT2D eigenvalue weighted by molar-refractivity contribution is 7.89. The van der Waals surface area contributed by atoms with Crippen LogP contribution in [-0.4, -0.2) is 26.9 Å². The highest BCUT2D eigenvalue weighted by Gasteiger charge is 2.16. The van der Waals surface area contributed by atoms with Crippen molar-refractivity contribution >= 4 is 28.3 Å². The molecule has 6 nitrogen and oxygen atoms in total. The first-order valence-corrected chi connectivity index (χ1v) is 7.31. The van der Waals surface area contributed by atoms with Crippen molar-refractivity contribution in [3.05, 3.63) is 42.0 Å². The van der Waals surface area contributed by atoms with Gasteiger partial charge in [0.2, 0.25) is 15.9 Å². The molecule has 0 spiro atoms. The predicted octanol–water partition coefficient (Wildman–Crippen LogP) is -0.1000. The fourth-order valence-electron chi connectivity index (χ4n) is 1.74. The molecule has 1 aromatic rings. The van der Waals surface area contributed by atoms with Crippen molar-refractivity contribution in [2.45, 2.75) is 17.5 Å². The van der Waals surface area contributed by atoms with Gasteiger partial charge < -0.3 is 5.32 Å². The number of rotatable bonds is 4. The minimum Gasteiger partial charge on any atom is -0.350 e. The van der Waals surface area contributed by atoms with Crippen LogP contribution in [-0.2, 0) is 21.4 Å². The van der Waals surface area contributed by atoms with E-state index in [2.05, 4.69) is 10.6 Å². The number of nitrogens with two attached hydrogens (primary N) is 1. The van der Waals surface area contributed by atoms with Crippen LogP contribution in [0.2, 0.25) is 0 Å². The molecule has 0 radical (unpaired) electrons. The van der Waals surface area contributed by atoms with Gasteiger partial charge in [-0.25, -0.2) is 13.6 Å². The summed E-state index contributed by atoms with van der Waals surface area (Å²) < 4.78 is 22.2. The van der Waals surface area contributed by atoms with E-state index in [1.54, 1.807) is 18.2 Å². The summed E-state index contributed by atoms with van der Waals surface area (Å²) in [5.74, 6) is -0.107. The van der Waals surface area contributed by atoms with Crippen LogP contribution >= 0.6 is 12.4 Å². The zero-order valence-electron chi connectivity index (χ0n) is 10.6. The largest absolute Gasteiger partial charge is 0.350 e. The molecular weight excluding hydrogens is 302 g/mol. The summed E-state index contributed by atoms with van der Waals surface area (Å²) in [6, 6.07) is 5.80. The van der Waals surface area contributed by atoms with E-state index in [-0.39, 0.29) is 29.3 Å². The fourth-order valence-corrected chi connectivity index (χ4v) is 2.26. The van der Waals surface area contributed by atoms with Crippen molar-refractivity contribution in [1.82, 2.24) is 10.6 Å². The van der Waals surface area contributed by atoms with Crippen molar-refractivity contribution < 1.29 is 13.2 Å². The number of hydrogen-bond acceptors (Lipinski definition) is 4. The van der Waals surface area contributed by atoms with Crippen molar-refractivity contribution in [2.75, 3.05) is 6.54 Å². The van der Waals surface area contributed by atoms with Gasteiger partial charge in [0.25, 0.3) is 0 Å². The second kappa shape index (κ2) is 6.85. The summed E-state index contributed by atoms with van der Waals surface area (Å²) in [5.41, 5.74) is 0.808. The normalized spacial score (nSPS) is 17.6. The molecule has 1 aliphatic rings. The zero-order chi connectivity index (χ0) is 13.9. The number of sulfonamides is 1. The lowest BCUT2D eigenvalue weighted by molar-refractivity contribution is -0.122. The van der Waals surface area contributed by atoms with Gasteiger partial charge in [0.05, 0.1) is 4.90 Å². The maximum absolute atomic E-state index is 11.7. The molecule has 4 N–H and O–H groups in total. The van der Waals surface area contributed by atoms with Crippen LogP contribution in [0.25, 0.3) is 0 Å². The molecule has 0 aliphatic carbocycles. The average Bonchev–Trinajstić information content (AvgIpc) is 2.89. The van der Waals surface area contributed by atoms with Gasteiger partial charge in [-0.15, -0.1) is 12.4 Å². The number of benzene rings is 1. The summed E-state index contributed by atoms with van der Waals surface area (Å²) in [6.45, 7) is 1.04. The first-order valence-electron chi connectivity index (χ1n) is 5.76. The smallest absolute Gasteiger partial charge is 0.241 e. The van der Waals surface area contributed by atoms with Crippen LogP contribution in [0.1, 0.15) is 5.56 Å². The van der Waals surface area contributed by atoms with Crippen LogP contribution in [0.15, 0.2) is 41.3 Å². The Morgan fingerprint density at radius 1 is 1.35 bits per heavy atom. The Bertz CT molecular complexity index is 599. The summed E-state index contributed by atoms with van der Waals surface area (Å²) in [6.07, 6.45) is 3.70. The molecule has 1 unspecified atom stereocenters. The summed E-state index contributed by atoms with van der Waals surface area (Å²) in [5, 5.41) is 10.8. The van der Waals surface area contributed by atoms with Gasteiger partial charge in [-0.1, -0.05) is 24.3 Å². The van der Waals surface area contributed by atoms with E-state index >= 15 is 0 Å². The van der Waals surface area contributed by atoms with Crippen LogP contribution in [0.5, 0.6) is 0 Å². The van der Waals surface area contributed by atoms with Crippen LogP contribution in [0.3, 0.4) is 0 Å². The number of primary sulfonamides is 1. The number of halogens is 1. The number of amides is 1. The predicted molar refractivity (Wildman–Crippen MR) is 77.8 cm³/mol. The number of hydrogen-bond donors (Lipinski definition) is 3. The monoisotopic (exact) mass is 317 g/mol. The third kappa shape index (κ3) is 4.31. The third-order valence-corrected chi connectivity index (χ3v) is 3.71. The molecule has 20 heavy (non-hydrogen) atoms. The van der Waals surface area contributed by atoms with E-state index in [0.29, 0.717) is 13.1 Å². The first-order chi connectivity index (χ1) is 8.97. The Kier molecular flexibility index (Phi) is 5.70. The standard InChI is InChI=1S/C12H15N3O3S.ClH/c13-19(17,18)10-5-3-9(4-6-10)8-15-12(16)11-2-1-7-14-11;/h1-6,11,14H,7-8H2,(H,15,16)(H2,13,17,18);1H. The van der Waals surface area contributed by atoms with Gasteiger partial charge in [0, 0.05) is 13.1 Å². The quantitative estimate of drug-likeness (QED) is 0.675. The van der Waals surface area contributed by atoms with E-state index in [9.17, 15) is 13.2 Å². The second-order valence-corrected chi connectivity index (χ2v) is 5.78. The van der Waals surface area contributed by atoms with Gasteiger partial charge in [-0.3, -0.25) is 10.1 Å². The average molecular weight is 318 g/mol. The molecule has 2 rings (SSSR count). The molecule has 1 aliphatic heterocycles. The maximum atomic E-state index is 11.7. The molecule has 0 bridgehead atoms. The summed E-state index contributed by atoms with van der Waals surface area (Å²) in [7, 11) is -3.67. The summed E-state index contributed by atoms with van der Waals surface area (Å²) in [4.78, 5) is 11.8. The van der Waals surface area contributed by atoms with Gasteiger partial charge >= 0.3 is 0 Å². The van der Waals surface area contributed by atoms with E-state index in [1.807, 2.05) is 6.08 Å². The number of carbonyl (C=O) groups is 1. The molecular formula is C12H16ClN3O3S. The summed E-state index contributed by atoms with van der Waals surface area (Å²) >= 11 is 0. The van der Waals surface area contributed by atoms with Crippen LogP contribution in [0.4, 0.5) is 0 Å². The first kappa shape index (κ1) is 16.6. The Morgan fingerprint density at radius 2 is 2.00 bits per heavy atom. The van der Waals surface area contributed by atoms with Crippen molar-refractivity contribution in [3.63, 3.8) is 0 Å². The molecule has 0 saturated carbocycles. The van der Waals surface area contributed by atoms with E-state index in [1.165, 1.54) is 12.1 Å². The van der Waals surface area contributed by atoms with Crippen molar-refractivity contribution in [2.24, 2.45) is 5.14 Å². The van der Waals surface area contributed by atoms with E-state index in [0.717, 1.165) is 5.56 Å². The molecule has 0 saturated heterocycles. The second-order valence-electron chi connectivity index (χ2n) is 4.22. The van der Waals surface area contributed by atoms with E-state index < -0.39 is 10.0 Å². The Morgan fingerprint density at radius 3 is 2.50 bits per heavy atom. The molecule has 110 valence electrons. The van der Waals surface area contributed by atoms with Gasteiger partial charge in [-0.2, -0.15) is 0 Å². The molecule has 1 heterocycles. The molecule has 0 fully saturated rings. The Hall–Kier alpha value is -1.41. The maximum Gasteiger partial charge on any atom is 0.241 e. The van der Waals surface area contributed by atoms with Crippen LogP contribution in [0, 0.1) is 0 Å². The highest BCUT2D eigenvalue weighted by Crippen LogP contribution is 2.08.